The first kappa shape index (κ1) is 93.0. The maximum Gasteiger partial charge on any atom is 0.306 e. The topological polar surface area (TPSA) is 111 Å². The van der Waals surface area contributed by atoms with Crippen LogP contribution in [0.5, 0.6) is 0 Å². The van der Waals surface area contributed by atoms with Crippen molar-refractivity contribution in [3.63, 3.8) is 0 Å². The first-order valence-electron chi connectivity index (χ1n) is 42.7. The smallest absolute Gasteiger partial charge is 0.306 e. The van der Waals surface area contributed by atoms with Crippen molar-refractivity contribution in [1.29, 1.82) is 0 Å². The van der Waals surface area contributed by atoms with E-state index >= 15 is 0 Å². The summed E-state index contributed by atoms with van der Waals surface area (Å²) in [5.74, 6) is -0.799. The summed E-state index contributed by atoms with van der Waals surface area (Å²) >= 11 is 0. The molecule has 0 radical (unpaired) electrons. The number of ether oxygens (including phenoxy) is 2. The van der Waals surface area contributed by atoms with E-state index in [1.54, 1.807) is 0 Å². The standard InChI is InChI=1S/C84H168NO8P/c1-6-8-10-12-14-16-18-20-22-24-26-28-30-32-34-36-38-39-40-41-42-43-44-45-46-47-49-51-53-55-57-59-61-63-65-67-69-71-73-75-77-84(87)93-82(81-92-94(88,89)91-79-78-85(3,4)5)80-90-83(86)76-74-72-70-68-66-64-62-60-58-56-54-52-50-48-37-35-33-31-29-27-25-23-21-19-17-15-13-11-9-7-2/h82H,6-81H2,1-5H3. The molecular weight excluding hydrogens is 1180 g/mol. The third kappa shape index (κ3) is 80.0. The second kappa shape index (κ2) is 76.2. The lowest BCUT2D eigenvalue weighted by molar-refractivity contribution is -0.870. The van der Waals surface area contributed by atoms with Crippen molar-refractivity contribution in [2.24, 2.45) is 0 Å². The van der Waals surface area contributed by atoms with E-state index in [0.29, 0.717) is 17.4 Å². The molecular formula is C84H168NO8P. The Labute approximate surface area is 588 Å². The minimum atomic E-state index is -4.64. The van der Waals surface area contributed by atoms with Crippen LogP contribution in [0.15, 0.2) is 0 Å². The van der Waals surface area contributed by atoms with Gasteiger partial charge in [0.1, 0.15) is 19.8 Å². The molecule has 10 heteroatoms. The summed E-state index contributed by atoms with van der Waals surface area (Å²) in [7, 11) is 1.20. The van der Waals surface area contributed by atoms with Gasteiger partial charge in [0.15, 0.2) is 6.10 Å². The molecule has 0 aromatic heterocycles. The second-order valence-corrected chi connectivity index (χ2v) is 32.3. The zero-order valence-electron chi connectivity index (χ0n) is 64.5. The number of esters is 2. The van der Waals surface area contributed by atoms with Crippen LogP contribution in [0.2, 0.25) is 0 Å². The van der Waals surface area contributed by atoms with Gasteiger partial charge in [-0.1, -0.05) is 450 Å². The summed E-state index contributed by atoms with van der Waals surface area (Å²) in [6.45, 7) is 4.36. The van der Waals surface area contributed by atoms with E-state index in [2.05, 4.69) is 13.8 Å². The third-order valence-corrected chi connectivity index (χ3v) is 21.1. The van der Waals surface area contributed by atoms with Gasteiger partial charge in [-0.2, -0.15) is 0 Å². The van der Waals surface area contributed by atoms with Gasteiger partial charge in [0.2, 0.25) is 0 Å². The van der Waals surface area contributed by atoms with Crippen molar-refractivity contribution < 1.29 is 42.1 Å². The summed E-state index contributed by atoms with van der Waals surface area (Å²) in [5, 5.41) is 0. The highest BCUT2D eigenvalue weighted by molar-refractivity contribution is 7.45. The Morgan fingerprint density at radius 2 is 0.479 bits per heavy atom. The van der Waals surface area contributed by atoms with Gasteiger partial charge < -0.3 is 27.9 Å². The highest BCUT2D eigenvalue weighted by Crippen LogP contribution is 2.38. The van der Waals surface area contributed by atoms with Gasteiger partial charge in [0.05, 0.1) is 27.7 Å². The molecule has 0 aliphatic carbocycles. The van der Waals surface area contributed by atoms with Gasteiger partial charge in [-0.3, -0.25) is 14.2 Å². The van der Waals surface area contributed by atoms with Crippen LogP contribution in [0, 0.1) is 0 Å². The molecule has 2 unspecified atom stereocenters. The number of hydrogen-bond donors (Lipinski definition) is 0. The average molecular weight is 1350 g/mol. The van der Waals surface area contributed by atoms with Crippen molar-refractivity contribution in [1.82, 2.24) is 0 Å². The molecule has 0 rings (SSSR count). The number of unbranched alkanes of at least 4 members (excludes halogenated alkanes) is 68. The normalized spacial score (nSPS) is 12.9. The van der Waals surface area contributed by atoms with E-state index in [1.165, 1.54) is 411 Å². The fourth-order valence-electron chi connectivity index (χ4n) is 13.6. The number of phosphoric acid groups is 1. The maximum absolute atomic E-state index is 12.9. The number of nitrogens with zero attached hydrogens (tertiary/aromatic N) is 1. The molecule has 0 fully saturated rings. The Kier molecular flexibility index (Phi) is 75.4. The molecule has 0 N–H and O–H groups in total. The Bertz CT molecular complexity index is 1540. The molecule has 2 atom stereocenters. The number of quaternary nitrogens is 1. The van der Waals surface area contributed by atoms with Crippen LogP contribution >= 0.6 is 7.82 Å². The molecule has 0 aliphatic rings. The van der Waals surface area contributed by atoms with Crippen LogP contribution in [0.3, 0.4) is 0 Å². The summed E-state index contributed by atoms with van der Waals surface area (Å²) in [6.07, 6.45) is 95.5. The van der Waals surface area contributed by atoms with Gasteiger partial charge in [0.25, 0.3) is 7.82 Å². The predicted octanol–water partition coefficient (Wildman–Crippen LogP) is 27.8. The molecule has 0 amide bonds. The zero-order chi connectivity index (χ0) is 68.3. The van der Waals surface area contributed by atoms with E-state index in [9.17, 15) is 19.0 Å². The lowest BCUT2D eigenvalue weighted by Gasteiger charge is -2.28. The molecule has 9 nitrogen and oxygen atoms in total. The first-order valence-corrected chi connectivity index (χ1v) is 44.2. The molecule has 0 spiro atoms. The van der Waals surface area contributed by atoms with Crippen LogP contribution in [0.4, 0.5) is 0 Å². The fraction of sp³-hybridized carbons (Fsp3) is 0.976. The third-order valence-electron chi connectivity index (χ3n) is 20.1. The summed E-state index contributed by atoms with van der Waals surface area (Å²) in [6, 6.07) is 0. The zero-order valence-corrected chi connectivity index (χ0v) is 65.4. The molecule has 0 aromatic carbocycles. The average Bonchev–Trinajstić information content (AvgIpc) is 1.58. The predicted molar refractivity (Wildman–Crippen MR) is 407 cm³/mol. The van der Waals surface area contributed by atoms with E-state index in [-0.39, 0.29) is 32.0 Å². The van der Waals surface area contributed by atoms with Gasteiger partial charge in [0, 0.05) is 12.8 Å². The molecule has 0 aliphatic heterocycles. The van der Waals surface area contributed by atoms with Crippen LogP contribution in [-0.2, 0) is 32.7 Å². The van der Waals surface area contributed by atoms with Crippen molar-refractivity contribution in [3.8, 4) is 0 Å². The number of likely N-dealkylation sites (N-methyl/N-ethyl adjacent to an activating group) is 1. The van der Waals surface area contributed by atoms with E-state index in [0.717, 1.165) is 32.1 Å². The highest BCUT2D eigenvalue weighted by atomic mass is 31.2. The number of carbonyl (C=O) groups is 2. The summed E-state index contributed by atoms with van der Waals surface area (Å²) in [4.78, 5) is 38.2. The Hall–Kier alpha value is -0.990. The Balaban J connectivity index is 3.83. The van der Waals surface area contributed by atoms with Gasteiger partial charge in [-0.15, -0.1) is 0 Å². The molecule has 94 heavy (non-hydrogen) atoms. The fourth-order valence-corrected chi connectivity index (χ4v) is 14.3. The molecule has 0 aromatic rings. The van der Waals surface area contributed by atoms with Gasteiger partial charge in [-0.05, 0) is 12.8 Å². The van der Waals surface area contributed by atoms with Crippen molar-refractivity contribution in [2.45, 2.75) is 482 Å². The minimum absolute atomic E-state index is 0.0246. The van der Waals surface area contributed by atoms with Crippen molar-refractivity contribution >= 4 is 19.8 Å². The van der Waals surface area contributed by atoms with Crippen LogP contribution in [0.25, 0.3) is 0 Å². The summed E-state index contributed by atoms with van der Waals surface area (Å²) in [5.41, 5.74) is 0. The maximum atomic E-state index is 12.9. The summed E-state index contributed by atoms with van der Waals surface area (Å²) < 4.78 is 34.5. The van der Waals surface area contributed by atoms with Crippen molar-refractivity contribution in [3.05, 3.63) is 0 Å². The number of carbonyl (C=O) groups excluding carboxylic acids is 2. The van der Waals surface area contributed by atoms with Gasteiger partial charge >= 0.3 is 11.9 Å². The van der Waals surface area contributed by atoms with Gasteiger partial charge in [-0.25, -0.2) is 0 Å². The molecule has 0 saturated carbocycles. The van der Waals surface area contributed by atoms with Crippen LogP contribution in [0.1, 0.15) is 476 Å². The van der Waals surface area contributed by atoms with E-state index in [1.807, 2.05) is 21.1 Å². The lowest BCUT2D eigenvalue weighted by atomic mass is 10.0. The Morgan fingerprint density at radius 1 is 0.287 bits per heavy atom. The number of rotatable bonds is 82. The van der Waals surface area contributed by atoms with Crippen LogP contribution < -0.4 is 4.89 Å². The second-order valence-electron chi connectivity index (χ2n) is 30.9. The number of hydrogen-bond acceptors (Lipinski definition) is 8. The monoisotopic (exact) mass is 1350 g/mol. The first-order chi connectivity index (χ1) is 46.0. The molecule has 0 bridgehead atoms. The largest absolute Gasteiger partial charge is 0.756 e. The Morgan fingerprint density at radius 3 is 0.681 bits per heavy atom. The SMILES string of the molecule is CCCCCCCCCCCCCCCCCCCCCCCCCCCCCCCCCCCCCCCCCCC(=O)OC(COC(=O)CCCCCCCCCCCCCCCCCCCCCCCCCCCCCCCC)COP(=O)([O-])OCC[N+](C)(C)C. The van der Waals surface area contributed by atoms with E-state index < -0.39 is 26.5 Å². The lowest BCUT2D eigenvalue weighted by Crippen LogP contribution is -2.37. The quantitative estimate of drug-likeness (QED) is 0.0256. The highest BCUT2D eigenvalue weighted by Gasteiger charge is 2.22. The molecule has 0 saturated heterocycles. The van der Waals surface area contributed by atoms with Crippen molar-refractivity contribution in [2.75, 3.05) is 47.5 Å². The minimum Gasteiger partial charge on any atom is -0.756 e. The van der Waals surface area contributed by atoms with Crippen LogP contribution in [-0.4, -0.2) is 70.0 Å². The van der Waals surface area contributed by atoms with E-state index in [4.69, 9.17) is 18.5 Å². The number of phosphoric ester groups is 1. The molecule has 0 heterocycles. The molecule has 562 valence electrons.